The van der Waals surface area contributed by atoms with Gasteiger partial charge in [-0.1, -0.05) is 25.8 Å². The van der Waals surface area contributed by atoms with Gasteiger partial charge in [0.25, 0.3) is 5.91 Å². The highest BCUT2D eigenvalue weighted by Crippen LogP contribution is 2.13. The number of rotatable bonds is 8. The first-order chi connectivity index (χ1) is 11.2. The van der Waals surface area contributed by atoms with Crippen LogP contribution >= 0.6 is 0 Å². The third-order valence-electron chi connectivity index (χ3n) is 3.93. The van der Waals surface area contributed by atoms with Gasteiger partial charge in [-0.25, -0.2) is 0 Å². The van der Waals surface area contributed by atoms with Crippen molar-refractivity contribution in [3.63, 3.8) is 0 Å². The fraction of sp³-hybridized carbons (Fsp3) is 0.556. The number of carbonyl (C=O) groups excluding carboxylic acids is 2. The zero-order chi connectivity index (χ0) is 16.5. The van der Waals surface area contributed by atoms with Crippen LogP contribution in [0.1, 0.15) is 55.8 Å². The molecule has 0 spiro atoms. The van der Waals surface area contributed by atoms with Crippen LogP contribution in [0.4, 0.5) is 5.69 Å². The van der Waals surface area contributed by atoms with Gasteiger partial charge in [0.15, 0.2) is 0 Å². The van der Waals surface area contributed by atoms with Crippen molar-refractivity contribution >= 4 is 17.5 Å². The number of hydrogen-bond acceptors (Lipinski definition) is 3. The van der Waals surface area contributed by atoms with Crippen LogP contribution in [-0.2, 0) is 9.53 Å². The molecule has 1 aromatic carbocycles. The molecule has 1 saturated heterocycles. The predicted octanol–water partition coefficient (Wildman–Crippen LogP) is 3.11. The molecule has 1 fully saturated rings. The Morgan fingerprint density at radius 3 is 2.91 bits per heavy atom. The van der Waals surface area contributed by atoms with E-state index in [0.29, 0.717) is 24.2 Å². The fourth-order valence-corrected chi connectivity index (χ4v) is 2.61. The molecule has 5 heteroatoms. The van der Waals surface area contributed by atoms with Crippen LogP contribution in [0.5, 0.6) is 0 Å². The first-order valence-electron chi connectivity index (χ1n) is 8.48. The number of ether oxygens (including phenoxy) is 1. The second-order valence-corrected chi connectivity index (χ2v) is 5.93. The smallest absolute Gasteiger partial charge is 0.251 e. The van der Waals surface area contributed by atoms with Crippen LogP contribution in [0.2, 0.25) is 0 Å². The van der Waals surface area contributed by atoms with Gasteiger partial charge in [-0.3, -0.25) is 9.59 Å². The monoisotopic (exact) mass is 318 g/mol. The van der Waals surface area contributed by atoms with Crippen molar-refractivity contribution in [2.75, 3.05) is 18.5 Å². The molecule has 5 nitrogen and oxygen atoms in total. The molecule has 0 saturated carbocycles. The number of amides is 2. The minimum Gasteiger partial charge on any atom is -0.376 e. The van der Waals surface area contributed by atoms with E-state index in [1.807, 2.05) is 0 Å². The minimum absolute atomic E-state index is 0.00429. The molecule has 2 amide bonds. The van der Waals surface area contributed by atoms with E-state index >= 15 is 0 Å². The molecule has 1 aromatic rings. The SMILES string of the molecule is CCCCCC(=O)Nc1cccc(C(=O)NCC2CCCO2)c1. The maximum absolute atomic E-state index is 12.2. The Kier molecular flexibility index (Phi) is 7.07. The molecule has 0 radical (unpaired) electrons. The molecular formula is C18H26N2O3. The molecule has 0 bridgehead atoms. The molecule has 126 valence electrons. The summed E-state index contributed by atoms with van der Waals surface area (Å²) in [6, 6.07) is 7.04. The van der Waals surface area contributed by atoms with E-state index in [9.17, 15) is 9.59 Å². The van der Waals surface area contributed by atoms with Crippen molar-refractivity contribution in [1.29, 1.82) is 0 Å². The van der Waals surface area contributed by atoms with Gasteiger partial charge in [0.1, 0.15) is 0 Å². The maximum Gasteiger partial charge on any atom is 0.251 e. The van der Waals surface area contributed by atoms with E-state index < -0.39 is 0 Å². The molecule has 2 rings (SSSR count). The lowest BCUT2D eigenvalue weighted by Crippen LogP contribution is -2.31. The third-order valence-corrected chi connectivity index (χ3v) is 3.93. The van der Waals surface area contributed by atoms with Gasteiger partial charge in [-0.2, -0.15) is 0 Å². The van der Waals surface area contributed by atoms with E-state index in [2.05, 4.69) is 17.6 Å². The summed E-state index contributed by atoms with van der Waals surface area (Å²) in [7, 11) is 0. The molecule has 23 heavy (non-hydrogen) atoms. The van der Waals surface area contributed by atoms with E-state index in [1.165, 1.54) is 0 Å². The number of hydrogen-bond donors (Lipinski definition) is 2. The second-order valence-electron chi connectivity index (χ2n) is 5.93. The Labute approximate surface area is 137 Å². The third kappa shape index (κ3) is 6.02. The molecule has 1 atom stereocenters. The number of unbranched alkanes of at least 4 members (excludes halogenated alkanes) is 2. The van der Waals surface area contributed by atoms with Crippen molar-refractivity contribution in [3.8, 4) is 0 Å². The molecule has 1 aliphatic rings. The standard InChI is InChI=1S/C18H26N2O3/c1-2-3-4-10-17(21)20-15-8-5-7-14(12-15)18(22)19-13-16-9-6-11-23-16/h5,7-8,12,16H,2-4,6,9-11,13H2,1H3,(H,19,22)(H,20,21). The van der Waals surface area contributed by atoms with Crippen LogP contribution in [-0.4, -0.2) is 31.1 Å². The zero-order valence-electron chi connectivity index (χ0n) is 13.8. The van der Waals surface area contributed by atoms with Crippen molar-refractivity contribution in [1.82, 2.24) is 5.32 Å². The van der Waals surface area contributed by atoms with Crippen molar-refractivity contribution in [2.24, 2.45) is 0 Å². The van der Waals surface area contributed by atoms with Gasteiger partial charge in [-0.15, -0.1) is 0 Å². The quantitative estimate of drug-likeness (QED) is 0.724. The molecule has 1 aliphatic heterocycles. The van der Waals surface area contributed by atoms with Gasteiger partial charge in [-0.05, 0) is 37.5 Å². The maximum atomic E-state index is 12.2. The Balaban J connectivity index is 1.83. The predicted molar refractivity (Wildman–Crippen MR) is 90.5 cm³/mol. The molecule has 1 heterocycles. The molecule has 0 aromatic heterocycles. The van der Waals surface area contributed by atoms with Gasteiger partial charge >= 0.3 is 0 Å². The number of carbonyl (C=O) groups is 2. The van der Waals surface area contributed by atoms with Crippen LogP contribution in [0.25, 0.3) is 0 Å². The Hall–Kier alpha value is -1.88. The molecular weight excluding hydrogens is 292 g/mol. The number of nitrogens with one attached hydrogen (secondary N) is 2. The van der Waals surface area contributed by atoms with Crippen molar-refractivity contribution in [2.45, 2.75) is 51.6 Å². The Morgan fingerprint density at radius 1 is 1.30 bits per heavy atom. The van der Waals surface area contributed by atoms with Gasteiger partial charge in [0.2, 0.25) is 5.91 Å². The van der Waals surface area contributed by atoms with Crippen LogP contribution in [0.3, 0.4) is 0 Å². The van der Waals surface area contributed by atoms with E-state index in [-0.39, 0.29) is 17.9 Å². The summed E-state index contributed by atoms with van der Waals surface area (Å²) in [6.07, 6.45) is 5.73. The molecule has 2 N–H and O–H groups in total. The number of benzene rings is 1. The van der Waals surface area contributed by atoms with Crippen molar-refractivity contribution < 1.29 is 14.3 Å². The lowest BCUT2D eigenvalue weighted by molar-refractivity contribution is -0.116. The van der Waals surface area contributed by atoms with E-state index in [4.69, 9.17) is 4.74 Å². The van der Waals surface area contributed by atoms with Gasteiger partial charge < -0.3 is 15.4 Å². The lowest BCUT2D eigenvalue weighted by Gasteiger charge is -2.11. The summed E-state index contributed by atoms with van der Waals surface area (Å²) in [5, 5.41) is 5.74. The first kappa shape index (κ1) is 17.5. The molecule has 0 aliphatic carbocycles. The van der Waals surface area contributed by atoms with Crippen LogP contribution in [0, 0.1) is 0 Å². The van der Waals surface area contributed by atoms with Crippen LogP contribution < -0.4 is 10.6 Å². The summed E-state index contributed by atoms with van der Waals surface area (Å²) in [5.74, 6) is -0.141. The van der Waals surface area contributed by atoms with Gasteiger partial charge in [0, 0.05) is 30.8 Å². The fourth-order valence-electron chi connectivity index (χ4n) is 2.61. The van der Waals surface area contributed by atoms with E-state index in [0.717, 1.165) is 38.7 Å². The zero-order valence-corrected chi connectivity index (χ0v) is 13.8. The normalized spacial score (nSPS) is 17.0. The second kappa shape index (κ2) is 9.30. The van der Waals surface area contributed by atoms with Gasteiger partial charge in [0.05, 0.1) is 6.10 Å². The average Bonchev–Trinajstić information content (AvgIpc) is 3.06. The topological polar surface area (TPSA) is 67.4 Å². The Bertz CT molecular complexity index is 525. The minimum atomic E-state index is -0.136. The first-order valence-corrected chi connectivity index (χ1v) is 8.48. The average molecular weight is 318 g/mol. The van der Waals surface area contributed by atoms with Crippen molar-refractivity contribution in [3.05, 3.63) is 29.8 Å². The largest absolute Gasteiger partial charge is 0.376 e. The Morgan fingerprint density at radius 2 is 2.17 bits per heavy atom. The summed E-state index contributed by atoms with van der Waals surface area (Å²) >= 11 is 0. The summed E-state index contributed by atoms with van der Waals surface area (Å²) in [4.78, 5) is 24.0. The van der Waals surface area contributed by atoms with Crippen LogP contribution in [0.15, 0.2) is 24.3 Å². The summed E-state index contributed by atoms with van der Waals surface area (Å²) in [5.41, 5.74) is 1.21. The summed E-state index contributed by atoms with van der Waals surface area (Å²) in [6.45, 7) is 3.42. The summed E-state index contributed by atoms with van der Waals surface area (Å²) < 4.78 is 5.49. The van der Waals surface area contributed by atoms with E-state index in [1.54, 1.807) is 24.3 Å². The highest BCUT2D eigenvalue weighted by Gasteiger charge is 2.16. The lowest BCUT2D eigenvalue weighted by atomic mass is 10.1. The highest BCUT2D eigenvalue weighted by molar-refractivity contribution is 5.97. The molecule has 1 unspecified atom stereocenters. The highest BCUT2D eigenvalue weighted by atomic mass is 16.5. The number of anilines is 1.